The van der Waals surface area contributed by atoms with Gasteiger partial charge in [-0.05, 0) is 0 Å². The summed E-state index contributed by atoms with van der Waals surface area (Å²) in [5, 5.41) is 0. The quantitative estimate of drug-likeness (QED) is 0.402. The Morgan fingerprint density at radius 1 is 1.33 bits per heavy atom. The van der Waals surface area contributed by atoms with Crippen molar-refractivity contribution in [3.8, 4) is 0 Å². The monoisotopic (exact) mass is 128 g/mol. The number of nitrogens with zero attached hydrogens (tertiary/aromatic N) is 1. The van der Waals surface area contributed by atoms with Gasteiger partial charge in [-0.3, -0.25) is 0 Å². The molecule has 0 spiro atoms. The molecular formula is C8H18N+. The van der Waals surface area contributed by atoms with Crippen molar-refractivity contribution in [1.29, 1.82) is 0 Å². The van der Waals surface area contributed by atoms with Crippen molar-refractivity contribution in [2.24, 2.45) is 0 Å². The van der Waals surface area contributed by atoms with Crippen LogP contribution in [0.5, 0.6) is 0 Å². The van der Waals surface area contributed by atoms with Crippen LogP contribution in [-0.4, -0.2) is 24.4 Å². The van der Waals surface area contributed by atoms with E-state index in [4.69, 9.17) is 0 Å². The van der Waals surface area contributed by atoms with Crippen LogP contribution in [0.4, 0.5) is 0 Å². The molecule has 0 aliphatic carbocycles. The molecule has 0 fully saturated rings. The van der Waals surface area contributed by atoms with Crippen molar-refractivity contribution in [3.05, 3.63) is 0 Å². The van der Waals surface area contributed by atoms with Crippen LogP contribution in [0.15, 0.2) is 0 Å². The van der Waals surface area contributed by atoms with Gasteiger partial charge in [-0.25, -0.2) is 4.58 Å². The number of rotatable bonds is 4. The standard InChI is InChI=1S/C8H18N/c1-4-6-8-9(3)7-5-2/h7H,4-6,8H2,1-3H3/q+1/b9-7-. The van der Waals surface area contributed by atoms with Gasteiger partial charge in [0.25, 0.3) is 0 Å². The number of unbranched alkanes of at least 4 members (excludes halogenated alkanes) is 1. The van der Waals surface area contributed by atoms with E-state index in [9.17, 15) is 0 Å². The first-order chi connectivity index (χ1) is 4.31. The number of hydrogen-bond acceptors (Lipinski definition) is 0. The van der Waals surface area contributed by atoms with Crippen LogP contribution in [0.1, 0.15) is 33.1 Å². The minimum atomic E-state index is 1.15. The van der Waals surface area contributed by atoms with E-state index >= 15 is 0 Å². The molecule has 0 amide bonds. The van der Waals surface area contributed by atoms with Crippen molar-refractivity contribution >= 4 is 6.21 Å². The molecule has 0 aromatic heterocycles. The summed E-state index contributed by atoms with van der Waals surface area (Å²) in [4.78, 5) is 0. The fraction of sp³-hybridized carbons (Fsp3) is 0.875. The highest BCUT2D eigenvalue weighted by Gasteiger charge is 1.90. The second kappa shape index (κ2) is 5.80. The van der Waals surface area contributed by atoms with Gasteiger partial charge in [0.15, 0.2) is 0 Å². The maximum Gasteiger partial charge on any atom is 0.142 e. The SMILES string of the molecule is CC/C=[N+](/C)CCCC. The third-order valence-corrected chi connectivity index (χ3v) is 1.36. The average Bonchev–Trinajstić information content (AvgIpc) is 1.85. The minimum absolute atomic E-state index is 1.15. The summed E-state index contributed by atoms with van der Waals surface area (Å²) in [5.41, 5.74) is 0. The van der Waals surface area contributed by atoms with Crippen molar-refractivity contribution in [1.82, 2.24) is 0 Å². The lowest BCUT2D eigenvalue weighted by Crippen LogP contribution is -2.07. The molecule has 0 unspecified atom stereocenters. The molecule has 0 aliphatic rings. The Bertz CT molecular complexity index is 84.6. The van der Waals surface area contributed by atoms with Crippen LogP contribution < -0.4 is 0 Å². The van der Waals surface area contributed by atoms with Crippen molar-refractivity contribution in [3.63, 3.8) is 0 Å². The predicted octanol–water partition coefficient (Wildman–Crippen LogP) is 1.91. The van der Waals surface area contributed by atoms with E-state index in [0.717, 1.165) is 6.42 Å². The molecule has 0 saturated carbocycles. The maximum absolute atomic E-state index is 2.27. The Morgan fingerprint density at radius 2 is 2.00 bits per heavy atom. The molecule has 0 bridgehead atoms. The highest BCUT2D eigenvalue weighted by molar-refractivity contribution is 5.50. The molecule has 1 nitrogen and oxygen atoms in total. The third-order valence-electron chi connectivity index (χ3n) is 1.36. The second-order valence-electron chi connectivity index (χ2n) is 2.42. The van der Waals surface area contributed by atoms with Crippen LogP contribution in [0.3, 0.4) is 0 Å². The fourth-order valence-corrected chi connectivity index (χ4v) is 0.810. The summed E-state index contributed by atoms with van der Waals surface area (Å²) < 4.78 is 2.27. The van der Waals surface area contributed by atoms with E-state index in [1.54, 1.807) is 0 Å². The largest absolute Gasteiger partial charge is 0.242 e. The second-order valence-corrected chi connectivity index (χ2v) is 2.42. The molecule has 0 aromatic carbocycles. The van der Waals surface area contributed by atoms with Crippen LogP contribution in [0, 0.1) is 0 Å². The summed E-state index contributed by atoms with van der Waals surface area (Å²) in [6, 6.07) is 0. The third kappa shape index (κ3) is 5.54. The van der Waals surface area contributed by atoms with Gasteiger partial charge < -0.3 is 0 Å². The Morgan fingerprint density at radius 3 is 2.44 bits per heavy atom. The molecule has 0 aromatic rings. The van der Waals surface area contributed by atoms with E-state index in [1.807, 2.05) is 0 Å². The van der Waals surface area contributed by atoms with Crippen molar-refractivity contribution in [2.75, 3.05) is 13.6 Å². The average molecular weight is 128 g/mol. The van der Waals surface area contributed by atoms with Gasteiger partial charge in [0.2, 0.25) is 0 Å². The molecule has 0 rings (SSSR count). The maximum atomic E-state index is 2.27. The molecular weight excluding hydrogens is 110 g/mol. The van der Waals surface area contributed by atoms with Gasteiger partial charge >= 0.3 is 0 Å². The fourth-order valence-electron chi connectivity index (χ4n) is 0.810. The van der Waals surface area contributed by atoms with Gasteiger partial charge in [-0.15, -0.1) is 0 Å². The molecule has 0 heterocycles. The van der Waals surface area contributed by atoms with Gasteiger partial charge in [0.05, 0.1) is 0 Å². The molecule has 1 heteroatoms. The zero-order chi connectivity index (χ0) is 7.11. The minimum Gasteiger partial charge on any atom is -0.242 e. The lowest BCUT2D eigenvalue weighted by atomic mass is 10.3. The Labute approximate surface area is 58.4 Å². The van der Waals surface area contributed by atoms with E-state index < -0.39 is 0 Å². The first-order valence-electron chi connectivity index (χ1n) is 3.84. The van der Waals surface area contributed by atoms with Gasteiger partial charge in [0, 0.05) is 12.8 Å². The number of hydrogen-bond donors (Lipinski definition) is 0. The molecule has 54 valence electrons. The molecule has 0 N–H and O–H groups in total. The van der Waals surface area contributed by atoms with Crippen molar-refractivity contribution in [2.45, 2.75) is 33.1 Å². The van der Waals surface area contributed by atoms with Gasteiger partial charge in [0.1, 0.15) is 19.8 Å². The van der Waals surface area contributed by atoms with E-state index in [1.165, 1.54) is 19.4 Å². The normalized spacial score (nSPS) is 12.1. The molecule has 9 heavy (non-hydrogen) atoms. The van der Waals surface area contributed by atoms with Crippen molar-refractivity contribution < 1.29 is 4.58 Å². The van der Waals surface area contributed by atoms with E-state index in [2.05, 4.69) is 31.7 Å². The summed E-state index contributed by atoms with van der Waals surface area (Å²) in [7, 11) is 2.14. The summed E-state index contributed by atoms with van der Waals surface area (Å²) in [5.74, 6) is 0. The Kier molecular flexibility index (Phi) is 5.59. The zero-order valence-corrected chi connectivity index (χ0v) is 6.85. The topological polar surface area (TPSA) is 3.01 Å². The highest BCUT2D eigenvalue weighted by Crippen LogP contribution is 1.84. The van der Waals surface area contributed by atoms with Crippen LogP contribution >= 0.6 is 0 Å². The smallest absolute Gasteiger partial charge is 0.142 e. The lowest BCUT2D eigenvalue weighted by Gasteiger charge is -1.92. The van der Waals surface area contributed by atoms with Crippen LogP contribution in [0.2, 0.25) is 0 Å². The molecule has 0 aliphatic heterocycles. The van der Waals surface area contributed by atoms with Gasteiger partial charge in [-0.1, -0.05) is 20.3 Å². The highest BCUT2D eigenvalue weighted by atomic mass is 14.9. The summed E-state index contributed by atoms with van der Waals surface area (Å²) >= 11 is 0. The summed E-state index contributed by atoms with van der Waals surface area (Å²) in [6.45, 7) is 5.60. The van der Waals surface area contributed by atoms with Gasteiger partial charge in [-0.2, -0.15) is 0 Å². The Hall–Kier alpha value is -0.330. The van der Waals surface area contributed by atoms with E-state index in [0.29, 0.717) is 0 Å². The molecule has 0 radical (unpaired) electrons. The zero-order valence-electron chi connectivity index (χ0n) is 6.85. The predicted molar refractivity (Wildman–Crippen MR) is 42.3 cm³/mol. The molecule has 0 saturated heterocycles. The Balaban J connectivity index is 3.25. The summed E-state index contributed by atoms with van der Waals surface area (Å²) in [6.07, 6.45) is 5.99. The van der Waals surface area contributed by atoms with Crippen LogP contribution in [0.25, 0.3) is 0 Å². The first-order valence-corrected chi connectivity index (χ1v) is 3.84. The lowest BCUT2D eigenvalue weighted by molar-refractivity contribution is -0.494. The first kappa shape index (κ1) is 8.67. The van der Waals surface area contributed by atoms with E-state index in [-0.39, 0.29) is 0 Å². The van der Waals surface area contributed by atoms with Crippen LogP contribution in [-0.2, 0) is 0 Å². The molecule has 0 atom stereocenters.